The molecule has 4 rings (SSSR count). The van der Waals surface area contributed by atoms with Crippen LogP contribution in [0, 0.1) is 0 Å². The van der Waals surface area contributed by atoms with Crippen molar-refractivity contribution in [1.82, 2.24) is 10.2 Å². The molecule has 37 heavy (non-hydrogen) atoms. The molecule has 2 atom stereocenters. The van der Waals surface area contributed by atoms with E-state index in [1.807, 2.05) is 30.3 Å². The van der Waals surface area contributed by atoms with Gasteiger partial charge in [0.05, 0.1) is 14.2 Å². The Morgan fingerprint density at radius 2 is 1.89 bits per heavy atom. The van der Waals surface area contributed by atoms with Crippen LogP contribution in [0.25, 0.3) is 11.0 Å². The van der Waals surface area contributed by atoms with Crippen LogP contribution in [0.5, 0.6) is 5.75 Å². The Hall–Kier alpha value is -4.34. The van der Waals surface area contributed by atoms with Crippen LogP contribution < -0.4 is 15.7 Å². The van der Waals surface area contributed by atoms with Crippen molar-refractivity contribution in [2.45, 2.75) is 38.0 Å². The monoisotopic (exact) mass is 508 g/mol. The lowest BCUT2D eigenvalue weighted by Crippen LogP contribution is -2.51. The van der Waals surface area contributed by atoms with Gasteiger partial charge in [-0.2, -0.15) is 0 Å². The van der Waals surface area contributed by atoms with E-state index in [9.17, 15) is 19.2 Å². The first-order valence-electron chi connectivity index (χ1n) is 11.9. The third kappa shape index (κ3) is 6.08. The molecule has 0 saturated carbocycles. The number of benzene rings is 2. The largest absolute Gasteiger partial charge is 0.497 e. The van der Waals surface area contributed by atoms with Crippen LogP contribution in [-0.2, 0) is 32.1 Å². The topological polar surface area (TPSA) is 124 Å². The Morgan fingerprint density at radius 1 is 1.11 bits per heavy atom. The Labute approximate surface area is 213 Å². The number of carbonyl (C=O) groups is 3. The number of likely N-dealkylation sites (tertiary alicyclic amines) is 1. The van der Waals surface area contributed by atoms with Crippen LogP contribution in [0.3, 0.4) is 0 Å². The van der Waals surface area contributed by atoms with Gasteiger partial charge in [-0.25, -0.2) is 14.4 Å². The molecule has 1 saturated heterocycles. The molecule has 2 aromatic carbocycles. The number of fused-ring (bicyclic) bond motifs is 1. The normalized spacial score (nSPS) is 15.7. The van der Waals surface area contributed by atoms with Crippen molar-refractivity contribution in [2.75, 3.05) is 20.8 Å². The van der Waals surface area contributed by atoms with Crippen molar-refractivity contribution >= 4 is 28.9 Å². The minimum atomic E-state index is -1.09. The first kappa shape index (κ1) is 25.7. The average molecular weight is 509 g/mol. The standard InChI is InChI=1S/C27H28N2O8/c1-34-19-10-11-20-18(14-24(30)37-23(20)15-19)13-21(26(32)35-2)28-25(31)22-9-6-12-29(22)27(33)36-16-17-7-4-3-5-8-17/h3-5,7-8,10-11,14-15,21-22H,6,9,12-13,16H2,1-2H3,(H,28,31)/t21-,22+/m0/s1. The Kier molecular flexibility index (Phi) is 8.07. The van der Waals surface area contributed by atoms with Gasteiger partial charge < -0.3 is 23.9 Å². The van der Waals surface area contributed by atoms with E-state index in [1.165, 1.54) is 25.2 Å². The highest BCUT2D eigenvalue weighted by atomic mass is 16.6. The van der Waals surface area contributed by atoms with E-state index in [2.05, 4.69) is 5.32 Å². The van der Waals surface area contributed by atoms with Crippen molar-refractivity contribution in [3.63, 3.8) is 0 Å². The second kappa shape index (κ2) is 11.6. The summed E-state index contributed by atoms with van der Waals surface area (Å²) in [6, 6.07) is 13.6. The molecule has 10 nitrogen and oxygen atoms in total. The molecule has 10 heteroatoms. The summed E-state index contributed by atoms with van der Waals surface area (Å²) in [5, 5.41) is 3.30. The van der Waals surface area contributed by atoms with Gasteiger partial charge in [-0.3, -0.25) is 9.69 Å². The van der Waals surface area contributed by atoms with Gasteiger partial charge in [0, 0.05) is 30.5 Å². The second-order valence-corrected chi connectivity index (χ2v) is 8.63. The number of methoxy groups -OCH3 is 2. The summed E-state index contributed by atoms with van der Waals surface area (Å²) in [7, 11) is 2.71. The molecule has 1 aromatic heterocycles. The Bertz CT molecular complexity index is 1340. The number of rotatable bonds is 8. The first-order valence-corrected chi connectivity index (χ1v) is 11.9. The molecule has 1 fully saturated rings. The summed E-state index contributed by atoms with van der Waals surface area (Å²) in [5.74, 6) is -0.677. The summed E-state index contributed by atoms with van der Waals surface area (Å²) in [4.78, 5) is 52.1. The number of esters is 1. The van der Waals surface area contributed by atoms with Crippen LogP contribution in [0.15, 0.2) is 63.8 Å². The molecule has 3 aromatic rings. The van der Waals surface area contributed by atoms with Gasteiger partial charge in [-0.05, 0) is 36.1 Å². The fourth-order valence-corrected chi connectivity index (χ4v) is 4.39. The highest BCUT2D eigenvalue weighted by Crippen LogP contribution is 2.24. The van der Waals surface area contributed by atoms with Gasteiger partial charge in [0.2, 0.25) is 5.91 Å². The zero-order valence-corrected chi connectivity index (χ0v) is 20.6. The van der Waals surface area contributed by atoms with Crippen LogP contribution in [-0.4, -0.2) is 55.7 Å². The molecule has 2 amide bonds. The van der Waals surface area contributed by atoms with Crippen LogP contribution >= 0.6 is 0 Å². The SMILES string of the molecule is COC(=O)[C@H](Cc1cc(=O)oc2cc(OC)ccc12)NC(=O)[C@H]1CCCN1C(=O)OCc1ccccc1. The molecule has 1 N–H and O–H groups in total. The number of nitrogens with zero attached hydrogens (tertiary/aromatic N) is 1. The molecule has 0 unspecified atom stereocenters. The summed E-state index contributed by atoms with van der Waals surface area (Å²) >= 11 is 0. The minimum absolute atomic E-state index is 0.0159. The zero-order chi connectivity index (χ0) is 26.4. The van der Waals surface area contributed by atoms with Crippen LogP contribution in [0.4, 0.5) is 4.79 Å². The van der Waals surface area contributed by atoms with E-state index in [0.717, 1.165) is 5.56 Å². The number of carbonyl (C=O) groups excluding carboxylic acids is 3. The summed E-state index contributed by atoms with van der Waals surface area (Å²) < 4.78 is 20.8. The number of amides is 2. The number of nitrogens with one attached hydrogen (secondary N) is 1. The van der Waals surface area contributed by atoms with Gasteiger partial charge in [0.15, 0.2) is 0 Å². The molecule has 1 aliphatic heterocycles. The minimum Gasteiger partial charge on any atom is -0.497 e. The maximum atomic E-state index is 13.2. The van der Waals surface area contributed by atoms with E-state index >= 15 is 0 Å². The molecule has 194 valence electrons. The van der Waals surface area contributed by atoms with Crippen LogP contribution in [0.2, 0.25) is 0 Å². The van der Waals surface area contributed by atoms with Gasteiger partial charge in [0.25, 0.3) is 0 Å². The fourth-order valence-electron chi connectivity index (χ4n) is 4.39. The predicted octanol–water partition coefficient (Wildman–Crippen LogP) is 2.80. The molecule has 0 radical (unpaired) electrons. The molecule has 0 aliphatic carbocycles. The van der Waals surface area contributed by atoms with Crippen LogP contribution in [0.1, 0.15) is 24.0 Å². The van der Waals surface area contributed by atoms with E-state index in [0.29, 0.717) is 41.7 Å². The summed E-state index contributed by atoms with van der Waals surface area (Å²) in [5.41, 5.74) is 1.02. The Morgan fingerprint density at radius 3 is 2.62 bits per heavy atom. The van der Waals surface area contributed by atoms with Crippen molar-refractivity contribution in [2.24, 2.45) is 0 Å². The summed E-state index contributed by atoms with van der Waals surface area (Å²) in [6.45, 7) is 0.449. The third-order valence-corrected chi connectivity index (χ3v) is 6.26. The highest BCUT2D eigenvalue weighted by molar-refractivity contribution is 5.91. The molecule has 1 aliphatic rings. The number of ether oxygens (including phenoxy) is 3. The van der Waals surface area contributed by atoms with E-state index in [1.54, 1.807) is 18.2 Å². The molecular formula is C27H28N2O8. The smallest absolute Gasteiger partial charge is 0.410 e. The molecule has 2 heterocycles. The average Bonchev–Trinajstić information content (AvgIpc) is 3.41. The third-order valence-electron chi connectivity index (χ3n) is 6.26. The van der Waals surface area contributed by atoms with Gasteiger partial charge in [0.1, 0.15) is 30.0 Å². The van der Waals surface area contributed by atoms with Crippen molar-refractivity contribution in [1.29, 1.82) is 0 Å². The van der Waals surface area contributed by atoms with Gasteiger partial charge in [-0.1, -0.05) is 30.3 Å². The maximum absolute atomic E-state index is 13.2. The van der Waals surface area contributed by atoms with E-state index in [4.69, 9.17) is 18.6 Å². The number of hydrogen-bond acceptors (Lipinski definition) is 8. The van der Waals surface area contributed by atoms with Gasteiger partial charge >= 0.3 is 17.7 Å². The molecule has 0 bridgehead atoms. The zero-order valence-electron chi connectivity index (χ0n) is 20.6. The fraction of sp³-hybridized carbons (Fsp3) is 0.333. The lowest BCUT2D eigenvalue weighted by molar-refractivity contribution is -0.145. The maximum Gasteiger partial charge on any atom is 0.410 e. The predicted molar refractivity (Wildman–Crippen MR) is 133 cm³/mol. The second-order valence-electron chi connectivity index (χ2n) is 8.63. The van der Waals surface area contributed by atoms with Crippen molar-refractivity contribution in [3.05, 3.63) is 76.1 Å². The lowest BCUT2D eigenvalue weighted by atomic mass is 10.0. The molecular weight excluding hydrogens is 480 g/mol. The lowest BCUT2D eigenvalue weighted by Gasteiger charge is -2.25. The van der Waals surface area contributed by atoms with Gasteiger partial charge in [-0.15, -0.1) is 0 Å². The Balaban J connectivity index is 1.49. The summed E-state index contributed by atoms with van der Waals surface area (Å²) in [6.07, 6.45) is 0.431. The van der Waals surface area contributed by atoms with E-state index in [-0.39, 0.29) is 13.0 Å². The van der Waals surface area contributed by atoms with Crippen molar-refractivity contribution < 1.29 is 33.0 Å². The van der Waals surface area contributed by atoms with Crippen molar-refractivity contribution in [3.8, 4) is 5.75 Å². The first-order chi connectivity index (χ1) is 17.9. The highest BCUT2D eigenvalue weighted by Gasteiger charge is 2.37. The number of hydrogen-bond donors (Lipinski definition) is 1. The molecule has 0 spiro atoms. The van der Waals surface area contributed by atoms with E-state index < -0.39 is 35.7 Å². The quantitative estimate of drug-likeness (QED) is 0.364.